The predicted octanol–water partition coefficient (Wildman–Crippen LogP) is 3.43. The Kier molecular flexibility index (Phi) is 8.02. The van der Waals surface area contributed by atoms with Crippen LogP contribution in [0.5, 0.6) is 0 Å². The Hall–Kier alpha value is -3.39. The van der Waals surface area contributed by atoms with Crippen molar-refractivity contribution < 1.29 is 29.3 Å². The van der Waals surface area contributed by atoms with Gasteiger partial charge in [-0.25, -0.2) is 4.79 Å². The number of aliphatic hydroxyl groups excluding tert-OH is 1. The lowest BCUT2D eigenvalue weighted by atomic mass is 9.94. The molecule has 8 nitrogen and oxygen atoms in total. The zero-order valence-electron chi connectivity index (χ0n) is 19.6. The number of aliphatic carboxylic acids is 1. The molecule has 186 valence electrons. The summed E-state index contributed by atoms with van der Waals surface area (Å²) in [6, 6.07) is 15.7. The van der Waals surface area contributed by atoms with Crippen molar-refractivity contribution in [2.24, 2.45) is 5.92 Å². The van der Waals surface area contributed by atoms with Gasteiger partial charge >= 0.3 is 12.1 Å². The summed E-state index contributed by atoms with van der Waals surface area (Å²) in [5, 5.41) is 25.0. The van der Waals surface area contributed by atoms with E-state index in [1.165, 1.54) is 0 Å². The van der Waals surface area contributed by atoms with Crippen molar-refractivity contribution in [1.82, 2.24) is 10.6 Å². The molecule has 2 aliphatic rings. The first-order valence-electron chi connectivity index (χ1n) is 12.2. The van der Waals surface area contributed by atoms with E-state index in [2.05, 4.69) is 22.8 Å². The lowest BCUT2D eigenvalue weighted by Crippen LogP contribution is -2.44. The second-order valence-corrected chi connectivity index (χ2v) is 9.32. The van der Waals surface area contributed by atoms with Crippen molar-refractivity contribution in [3.63, 3.8) is 0 Å². The van der Waals surface area contributed by atoms with Crippen molar-refractivity contribution in [1.29, 1.82) is 0 Å². The van der Waals surface area contributed by atoms with Crippen LogP contribution in [0.15, 0.2) is 48.5 Å². The molecular weight excluding hydrogens is 448 g/mol. The Labute approximate surface area is 204 Å². The van der Waals surface area contributed by atoms with Gasteiger partial charge in [0, 0.05) is 18.5 Å². The third-order valence-electron chi connectivity index (χ3n) is 6.93. The van der Waals surface area contributed by atoms with Gasteiger partial charge in [0.2, 0.25) is 5.91 Å². The zero-order valence-corrected chi connectivity index (χ0v) is 19.6. The molecule has 1 fully saturated rings. The maximum atomic E-state index is 12.4. The highest BCUT2D eigenvalue weighted by Crippen LogP contribution is 2.44. The van der Waals surface area contributed by atoms with Crippen LogP contribution in [0.2, 0.25) is 0 Å². The van der Waals surface area contributed by atoms with Gasteiger partial charge < -0.3 is 25.6 Å². The van der Waals surface area contributed by atoms with Crippen LogP contribution in [0.25, 0.3) is 11.1 Å². The second-order valence-electron chi connectivity index (χ2n) is 9.32. The SMILES string of the molecule is O=C(CC(O)CNC(=O)OCC1c2ccccc2-c2ccccc21)NC1CCCCCC1C(=O)O. The standard InChI is InChI=1S/C27H32N2O6/c30-17(14-25(31)29-24-13-3-1-2-12-22(24)26(32)33)15-28-27(34)35-16-23-20-10-6-4-8-18(20)19-9-5-7-11-21(19)23/h4-11,17,22-24,30H,1-3,12-16H2,(H,28,34)(H,29,31)(H,32,33). The van der Waals surface area contributed by atoms with Crippen molar-refractivity contribution in [3.05, 3.63) is 59.7 Å². The summed E-state index contributed by atoms with van der Waals surface area (Å²) in [5.74, 6) is -2.01. The molecule has 4 N–H and O–H groups in total. The Morgan fingerprint density at radius 3 is 2.23 bits per heavy atom. The average molecular weight is 481 g/mol. The van der Waals surface area contributed by atoms with Crippen LogP contribution in [0.1, 0.15) is 55.6 Å². The van der Waals surface area contributed by atoms with Crippen LogP contribution in [-0.2, 0) is 14.3 Å². The first kappa shape index (κ1) is 24.7. The molecule has 0 bridgehead atoms. The summed E-state index contributed by atoms with van der Waals surface area (Å²) < 4.78 is 5.44. The number of hydrogen-bond donors (Lipinski definition) is 4. The lowest BCUT2D eigenvalue weighted by Gasteiger charge is -2.23. The van der Waals surface area contributed by atoms with E-state index in [4.69, 9.17) is 4.74 Å². The van der Waals surface area contributed by atoms with Crippen LogP contribution >= 0.6 is 0 Å². The number of ether oxygens (including phenoxy) is 1. The van der Waals surface area contributed by atoms with Gasteiger partial charge in [0.1, 0.15) is 6.61 Å². The van der Waals surface area contributed by atoms with E-state index in [0.717, 1.165) is 41.5 Å². The van der Waals surface area contributed by atoms with E-state index in [1.54, 1.807) is 0 Å². The molecule has 4 rings (SSSR count). The van der Waals surface area contributed by atoms with Crippen LogP contribution in [0.4, 0.5) is 4.79 Å². The molecule has 0 spiro atoms. The van der Waals surface area contributed by atoms with E-state index in [-0.39, 0.29) is 25.5 Å². The molecule has 8 heteroatoms. The van der Waals surface area contributed by atoms with E-state index < -0.39 is 36.0 Å². The molecule has 2 aromatic carbocycles. The molecule has 0 heterocycles. The average Bonchev–Trinajstić information content (AvgIpc) is 2.97. The van der Waals surface area contributed by atoms with Gasteiger partial charge in [-0.1, -0.05) is 67.8 Å². The lowest BCUT2D eigenvalue weighted by molar-refractivity contribution is -0.143. The Bertz CT molecular complexity index is 1030. The van der Waals surface area contributed by atoms with Gasteiger partial charge in [0.15, 0.2) is 0 Å². The molecule has 0 radical (unpaired) electrons. The number of carbonyl (C=O) groups is 3. The highest BCUT2D eigenvalue weighted by molar-refractivity contribution is 5.80. The molecule has 3 atom stereocenters. The number of carboxylic acids is 1. The fraction of sp³-hybridized carbons (Fsp3) is 0.444. The summed E-state index contributed by atoms with van der Waals surface area (Å²) >= 11 is 0. The van der Waals surface area contributed by atoms with E-state index in [1.807, 2.05) is 36.4 Å². The van der Waals surface area contributed by atoms with Crippen molar-refractivity contribution >= 4 is 18.0 Å². The number of benzene rings is 2. The van der Waals surface area contributed by atoms with Crippen LogP contribution in [0, 0.1) is 5.92 Å². The minimum atomic E-state index is -1.11. The number of fused-ring (bicyclic) bond motifs is 3. The summed E-state index contributed by atoms with van der Waals surface area (Å²) in [6.45, 7) is 0.0197. The van der Waals surface area contributed by atoms with Gasteiger partial charge in [-0.15, -0.1) is 0 Å². The number of nitrogens with one attached hydrogen (secondary N) is 2. The summed E-state index contributed by atoms with van der Waals surface area (Å²) in [7, 11) is 0. The van der Waals surface area contributed by atoms with Gasteiger partial charge in [0.25, 0.3) is 0 Å². The highest BCUT2D eigenvalue weighted by Gasteiger charge is 2.31. The van der Waals surface area contributed by atoms with Crippen molar-refractivity contribution in [2.75, 3.05) is 13.2 Å². The number of carboxylic acid groups (broad SMARTS) is 1. The summed E-state index contributed by atoms with van der Waals surface area (Å²) in [6.07, 6.45) is 1.78. The second kappa shape index (κ2) is 11.4. The third kappa shape index (κ3) is 6.00. The van der Waals surface area contributed by atoms with E-state index >= 15 is 0 Å². The molecule has 0 aromatic heterocycles. The largest absolute Gasteiger partial charge is 0.481 e. The Morgan fingerprint density at radius 2 is 1.57 bits per heavy atom. The highest BCUT2D eigenvalue weighted by atomic mass is 16.5. The number of carbonyl (C=O) groups excluding carboxylic acids is 2. The molecule has 3 unspecified atom stereocenters. The van der Waals surface area contributed by atoms with Gasteiger partial charge in [-0.2, -0.15) is 0 Å². The fourth-order valence-electron chi connectivity index (χ4n) is 5.18. The minimum absolute atomic E-state index is 0.0643. The van der Waals surface area contributed by atoms with E-state index in [0.29, 0.717) is 12.8 Å². The van der Waals surface area contributed by atoms with E-state index in [9.17, 15) is 24.6 Å². The van der Waals surface area contributed by atoms with Gasteiger partial charge in [0.05, 0.1) is 18.4 Å². The zero-order chi connectivity index (χ0) is 24.8. The number of hydrogen-bond acceptors (Lipinski definition) is 5. The Balaban J connectivity index is 1.23. The van der Waals surface area contributed by atoms with Crippen molar-refractivity contribution in [2.45, 2.75) is 56.6 Å². The first-order valence-corrected chi connectivity index (χ1v) is 12.2. The minimum Gasteiger partial charge on any atom is -0.481 e. The van der Waals surface area contributed by atoms with Gasteiger partial charge in [-0.05, 0) is 35.1 Å². The van der Waals surface area contributed by atoms with Crippen LogP contribution < -0.4 is 10.6 Å². The molecule has 1 saturated carbocycles. The monoisotopic (exact) mass is 480 g/mol. The maximum absolute atomic E-state index is 12.4. The van der Waals surface area contributed by atoms with Gasteiger partial charge in [-0.3, -0.25) is 9.59 Å². The quantitative estimate of drug-likeness (QED) is 0.429. The number of alkyl carbamates (subject to hydrolysis) is 1. The predicted molar refractivity (Wildman–Crippen MR) is 130 cm³/mol. The molecule has 0 saturated heterocycles. The number of amides is 2. The normalized spacial score (nSPS) is 20.1. The van der Waals surface area contributed by atoms with Crippen LogP contribution in [-0.4, -0.2) is 53.5 Å². The molecule has 35 heavy (non-hydrogen) atoms. The molecule has 2 amide bonds. The number of rotatable bonds is 8. The van der Waals surface area contributed by atoms with Crippen molar-refractivity contribution in [3.8, 4) is 11.1 Å². The third-order valence-corrected chi connectivity index (χ3v) is 6.93. The smallest absolute Gasteiger partial charge is 0.407 e. The number of aliphatic hydroxyl groups is 1. The molecule has 2 aliphatic carbocycles. The Morgan fingerprint density at radius 1 is 0.943 bits per heavy atom. The topological polar surface area (TPSA) is 125 Å². The summed E-state index contributed by atoms with van der Waals surface area (Å²) in [4.78, 5) is 36.2. The molecule has 0 aliphatic heterocycles. The fourth-order valence-corrected chi connectivity index (χ4v) is 5.18. The van der Waals surface area contributed by atoms with Crippen LogP contribution in [0.3, 0.4) is 0 Å². The molecular formula is C27H32N2O6. The summed E-state index contributed by atoms with van der Waals surface area (Å²) in [5.41, 5.74) is 4.49. The molecule has 2 aromatic rings. The maximum Gasteiger partial charge on any atom is 0.407 e. The first-order chi connectivity index (χ1) is 16.9.